The van der Waals surface area contributed by atoms with Crippen molar-refractivity contribution in [3.05, 3.63) is 52.7 Å². The van der Waals surface area contributed by atoms with Crippen molar-refractivity contribution in [2.75, 3.05) is 13.1 Å². The molecule has 7 heteroatoms. The van der Waals surface area contributed by atoms with E-state index < -0.39 is 0 Å². The molecule has 6 nitrogen and oxygen atoms in total. The molecule has 1 N–H and O–H groups in total. The lowest BCUT2D eigenvalue weighted by molar-refractivity contribution is 0.0728. The van der Waals surface area contributed by atoms with Gasteiger partial charge in [0, 0.05) is 37.0 Å². The summed E-state index contributed by atoms with van der Waals surface area (Å²) in [6.07, 6.45) is 7.02. The van der Waals surface area contributed by atoms with Crippen LogP contribution in [0.1, 0.15) is 40.7 Å². The van der Waals surface area contributed by atoms with Crippen LogP contribution in [0, 0.1) is 5.41 Å². The number of carbonyl (C=O) groups excluding carboxylic acids is 1. The molecular formula is C19H19N5OS. The maximum Gasteiger partial charge on any atom is 0.263 e. The maximum absolute atomic E-state index is 12.8. The fourth-order valence-electron chi connectivity index (χ4n) is 4.25. The second-order valence-corrected chi connectivity index (χ2v) is 8.16. The van der Waals surface area contributed by atoms with E-state index in [4.69, 9.17) is 4.98 Å². The minimum atomic E-state index is 0.141. The summed E-state index contributed by atoms with van der Waals surface area (Å²) in [5.41, 5.74) is 1.11. The van der Waals surface area contributed by atoms with Crippen LogP contribution in [0.5, 0.6) is 0 Å². The molecule has 0 radical (unpaired) electrons. The summed E-state index contributed by atoms with van der Waals surface area (Å²) in [4.78, 5) is 24.5. The van der Waals surface area contributed by atoms with Gasteiger partial charge in [-0.25, -0.2) is 4.98 Å². The zero-order valence-electron chi connectivity index (χ0n) is 14.3. The summed E-state index contributed by atoms with van der Waals surface area (Å²) in [5, 5.41) is 9.51. The van der Waals surface area contributed by atoms with E-state index in [0.717, 1.165) is 35.7 Å². The van der Waals surface area contributed by atoms with Crippen molar-refractivity contribution in [2.45, 2.75) is 25.2 Å². The summed E-state index contributed by atoms with van der Waals surface area (Å²) >= 11 is 1.51. The Labute approximate surface area is 155 Å². The third-order valence-electron chi connectivity index (χ3n) is 5.79. The standard InChI is InChI=1S/C19H19N5OS/c25-18(15-3-1-10-26-15)24-11-14(19(12-24)6-2-7-19)17-21-16(22-23-17)13-4-8-20-9-5-13/h1,3-5,8-10,14H,2,6-7,11-12H2,(H,21,22,23). The second-order valence-electron chi connectivity index (χ2n) is 7.21. The largest absolute Gasteiger partial charge is 0.337 e. The Hall–Kier alpha value is -2.54. The first kappa shape index (κ1) is 15.7. The maximum atomic E-state index is 12.8. The lowest BCUT2D eigenvalue weighted by Gasteiger charge is -2.41. The highest BCUT2D eigenvalue weighted by atomic mass is 32.1. The van der Waals surface area contributed by atoms with Crippen LogP contribution < -0.4 is 0 Å². The fraction of sp³-hybridized carbons (Fsp3) is 0.368. The van der Waals surface area contributed by atoms with Gasteiger partial charge in [-0.15, -0.1) is 11.3 Å². The zero-order chi connectivity index (χ0) is 17.6. The minimum Gasteiger partial charge on any atom is -0.337 e. The van der Waals surface area contributed by atoms with Crippen molar-refractivity contribution < 1.29 is 4.79 Å². The molecule has 1 unspecified atom stereocenters. The monoisotopic (exact) mass is 365 g/mol. The summed E-state index contributed by atoms with van der Waals surface area (Å²) in [6, 6.07) is 7.66. The molecular weight excluding hydrogens is 346 g/mol. The lowest BCUT2D eigenvalue weighted by atomic mass is 9.62. The average molecular weight is 365 g/mol. The quantitative estimate of drug-likeness (QED) is 0.772. The number of H-pyrrole nitrogens is 1. The molecule has 5 rings (SSSR count). The van der Waals surface area contributed by atoms with Gasteiger partial charge >= 0.3 is 0 Å². The predicted octanol–water partition coefficient (Wildman–Crippen LogP) is 3.34. The van der Waals surface area contributed by atoms with Gasteiger partial charge in [0.05, 0.1) is 4.88 Å². The number of rotatable bonds is 3. The highest BCUT2D eigenvalue weighted by molar-refractivity contribution is 7.12. The molecule has 26 heavy (non-hydrogen) atoms. The SMILES string of the molecule is O=C(c1cccs1)N1CC(c2nc(-c3ccncc3)n[nH]2)C2(CCC2)C1. The molecule has 1 spiro atoms. The van der Waals surface area contributed by atoms with Crippen LogP contribution in [0.25, 0.3) is 11.4 Å². The minimum absolute atomic E-state index is 0.141. The van der Waals surface area contributed by atoms with Gasteiger partial charge in [0.15, 0.2) is 5.82 Å². The summed E-state index contributed by atoms with van der Waals surface area (Å²) in [7, 11) is 0. The number of likely N-dealkylation sites (tertiary alicyclic amines) is 1. The third-order valence-corrected chi connectivity index (χ3v) is 6.65. The summed E-state index contributed by atoms with van der Waals surface area (Å²) in [6.45, 7) is 1.53. The molecule has 1 aliphatic heterocycles. The Bertz CT molecular complexity index is 917. The van der Waals surface area contributed by atoms with Gasteiger partial charge in [-0.05, 0) is 41.8 Å². The number of nitrogens with zero attached hydrogens (tertiary/aromatic N) is 4. The number of pyridine rings is 1. The smallest absolute Gasteiger partial charge is 0.263 e. The van der Waals surface area contributed by atoms with Crippen molar-refractivity contribution in [1.29, 1.82) is 0 Å². The second kappa shape index (κ2) is 6.02. The number of carbonyl (C=O) groups is 1. The van der Waals surface area contributed by atoms with Crippen molar-refractivity contribution in [3.8, 4) is 11.4 Å². The van der Waals surface area contributed by atoms with Crippen LogP contribution in [-0.4, -0.2) is 44.1 Å². The van der Waals surface area contributed by atoms with Gasteiger partial charge in [0.25, 0.3) is 5.91 Å². The fourth-order valence-corrected chi connectivity index (χ4v) is 4.94. The molecule has 0 bridgehead atoms. The van der Waals surface area contributed by atoms with Crippen molar-refractivity contribution in [3.63, 3.8) is 0 Å². The molecule has 3 aromatic rings. The molecule has 132 valence electrons. The third kappa shape index (κ3) is 2.46. The zero-order valence-corrected chi connectivity index (χ0v) is 15.1. The van der Waals surface area contributed by atoms with E-state index in [-0.39, 0.29) is 17.2 Å². The van der Waals surface area contributed by atoms with E-state index in [9.17, 15) is 4.79 Å². The average Bonchev–Trinajstić information content (AvgIpc) is 3.39. The first-order valence-corrected chi connectivity index (χ1v) is 9.79. The highest BCUT2D eigenvalue weighted by Gasteiger charge is 2.53. The molecule has 4 heterocycles. The van der Waals surface area contributed by atoms with E-state index in [1.165, 1.54) is 17.8 Å². The molecule has 0 aromatic carbocycles. The molecule has 2 aliphatic rings. The molecule has 3 aromatic heterocycles. The first-order chi connectivity index (χ1) is 12.8. The number of aromatic amines is 1. The Balaban J connectivity index is 1.43. The normalized spacial score (nSPS) is 21.1. The molecule has 1 aliphatic carbocycles. The Morgan fingerprint density at radius 2 is 2.12 bits per heavy atom. The van der Waals surface area contributed by atoms with Crippen molar-refractivity contribution in [2.24, 2.45) is 5.41 Å². The van der Waals surface area contributed by atoms with Crippen molar-refractivity contribution >= 4 is 17.2 Å². The van der Waals surface area contributed by atoms with Crippen molar-refractivity contribution in [1.82, 2.24) is 25.1 Å². The molecule has 1 amide bonds. The Morgan fingerprint density at radius 1 is 1.27 bits per heavy atom. The molecule has 1 saturated carbocycles. The van der Waals surface area contributed by atoms with Crippen LogP contribution in [-0.2, 0) is 0 Å². The number of thiophene rings is 1. The van der Waals surface area contributed by atoms with Crippen LogP contribution in [0.3, 0.4) is 0 Å². The highest BCUT2D eigenvalue weighted by Crippen LogP contribution is 2.55. The topological polar surface area (TPSA) is 74.8 Å². The van der Waals surface area contributed by atoms with E-state index in [0.29, 0.717) is 12.4 Å². The molecule has 2 fully saturated rings. The predicted molar refractivity (Wildman–Crippen MR) is 98.9 cm³/mol. The van der Waals surface area contributed by atoms with Crippen LogP contribution >= 0.6 is 11.3 Å². The number of amides is 1. The van der Waals surface area contributed by atoms with E-state index in [1.807, 2.05) is 34.5 Å². The van der Waals surface area contributed by atoms with Crippen LogP contribution in [0.15, 0.2) is 42.0 Å². The number of aromatic nitrogens is 4. The Morgan fingerprint density at radius 3 is 2.81 bits per heavy atom. The van der Waals surface area contributed by atoms with Crippen LogP contribution in [0.4, 0.5) is 0 Å². The van der Waals surface area contributed by atoms with E-state index in [1.54, 1.807) is 12.4 Å². The first-order valence-electron chi connectivity index (χ1n) is 8.91. The van der Waals surface area contributed by atoms with Crippen LogP contribution in [0.2, 0.25) is 0 Å². The van der Waals surface area contributed by atoms with Gasteiger partial charge in [-0.3, -0.25) is 14.9 Å². The van der Waals surface area contributed by atoms with Gasteiger partial charge in [-0.2, -0.15) is 5.10 Å². The molecule has 1 atom stereocenters. The summed E-state index contributed by atoms with van der Waals surface area (Å²) < 4.78 is 0. The van der Waals surface area contributed by atoms with Gasteiger partial charge in [-0.1, -0.05) is 12.5 Å². The van der Waals surface area contributed by atoms with Gasteiger partial charge in [0.1, 0.15) is 5.82 Å². The Kier molecular flexibility index (Phi) is 3.63. The summed E-state index contributed by atoms with van der Waals surface area (Å²) in [5.74, 6) is 1.96. The van der Waals surface area contributed by atoms with Gasteiger partial charge < -0.3 is 4.90 Å². The number of nitrogens with one attached hydrogen (secondary N) is 1. The lowest BCUT2D eigenvalue weighted by Crippen LogP contribution is -2.37. The number of hydrogen-bond acceptors (Lipinski definition) is 5. The number of hydrogen-bond donors (Lipinski definition) is 1. The molecule has 1 saturated heterocycles. The van der Waals surface area contributed by atoms with E-state index >= 15 is 0 Å². The van der Waals surface area contributed by atoms with Gasteiger partial charge in [0.2, 0.25) is 0 Å². The van der Waals surface area contributed by atoms with E-state index in [2.05, 4.69) is 15.2 Å².